The molecule has 4 heteroatoms. The largest absolute Gasteiger partial charge is 0.340 e. The molecular formula is C36H33IrN3-2. The Kier molecular flexibility index (Phi) is 9.14. The molecule has 0 spiro atoms. The molecule has 6 rings (SSSR count). The Hall–Kier alpha value is -3.85. The zero-order valence-electron chi connectivity index (χ0n) is 23.6. The molecule has 0 saturated carbocycles. The van der Waals surface area contributed by atoms with Gasteiger partial charge in [-0.1, -0.05) is 69.3 Å². The van der Waals surface area contributed by atoms with E-state index in [0.717, 1.165) is 28.2 Å². The van der Waals surface area contributed by atoms with Gasteiger partial charge in [-0.15, -0.1) is 71.3 Å². The Morgan fingerprint density at radius 3 is 2.15 bits per heavy atom. The Bertz CT molecular complexity index is 1670. The minimum Gasteiger partial charge on any atom is -0.340 e. The van der Waals surface area contributed by atoms with Crippen LogP contribution >= 0.6 is 0 Å². The summed E-state index contributed by atoms with van der Waals surface area (Å²) in [6, 6.07) is 39.6. The minimum atomic E-state index is 0. The molecule has 1 radical (unpaired) electrons. The van der Waals surface area contributed by atoms with Crippen molar-refractivity contribution in [1.82, 2.24) is 14.5 Å². The van der Waals surface area contributed by atoms with Crippen LogP contribution in [0.3, 0.4) is 0 Å². The zero-order chi connectivity index (χ0) is 27.4. The van der Waals surface area contributed by atoms with E-state index >= 15 is 0 Å². The van der Waals surface area contributed by atoms with Crippen molar-refractivity contribution in [2.45, 2.75) is 40.0 Å². The molecule has 0 unspecified atom stereocenters. The maximum atomic E-state index is 4.71. The van der Waals surface area contributed by atoms with Crippen LogP contribution in [0.25, 0.3) is 39.2 Å². The molecule has 40 heavy (non-hydrogen) atoms. The molecule has 0 fully saturated rings. The number of imidazole rings is 1. The Morgan fingerprint density at radius 1 is 0.725 bits per heavy atom. The zero-order valence-corrected chi connectivity index (χ0v) is 26.0. The first-order valence-electron chi connectivity index (χ1n) is 13.3. The van der Waals surface area contributed by atoms with Crippen LogP contribution in [-0.4, -0.2) is 14.5 Å². The van der Waals surface area contributed by atoms with Crippen molar-refractivity contribution in [2.75, 3.05) is 0 Å². The van der Waals surface area contributed by atoms with Crippen molar-refractivity contribution < 1.29 is 20.1 Å². The van der Waals surface area contributed by atoms with E-state index in [9.17, 15) is 0 Å². The van der Waals surface area contributed by atoms with Crippen LogP contribution in [0.1, 0.15) is 37.5 Å². The van der Waals surface area contributed by atoms with Crippen LogP contribution in [-0.2, 0) is 25.5 Å². The van der Waals surface area contributed by atoms with Crippen molar-refractivity contribution in [3.05, 3.63) is 138 Å². The van der Waals surface area contributed by atoms with Crippen LogP contribution in [0.5, 0.6) is 0 Å². The van der Waals surface area contributed by atoms with Gasteiger partial charge in [-0.25, -0.2) is 0 Å². The molecule has 0 saturated heterocycles. The van der Waals surface area contributed by atoms with Gasteiger partial charge in [0.05, 0.1) is 11.3 Å². The van der Waals surface area contributed by atoms with Crippen molar-refractivity contribution in [3.8, 4) is 28.3 Å². The molecule has 0 aliphatic carbocycles. The molecule has 6 aromatic rings. The van der Waals surface area contributed by atoms with Gasteiger partial charge in [0.25, 0.3) is 0 Å². The van der Waals surface area contributed by atoms with Gasteiger partial charge < -0.3 is 4.57 Å². The van der Waals surface area contributed by atoms with Gasteiger partial charge in [-0.05, 0) is 47.5 Å². The van der Waals surface area contributed by atoms with E-state index in [2.05, 4.69) is 111 Å². The summed E-state index contributed by atoms with van der Waals surface area (Å²) in [6.07, 6.45) is 3.84. The summed E-state index contributed by atoms with van der Waals surface area (Å²) in [5.41, 5.74) is 9.20. The third kappa shape index (κ3) is 6.47. The van der Waals surface area contributed by atoms with Gasteiger partial charge in [0.2, 0.25) is 0 Å². The smallest absolute Gasteiger partial charge is 0.0602 e. The van der Waals surface area contributed by atoms with Gasteiger partial charge in [0, 0.05) is 38.2 Å². The molecule has 0 bridgehead atoms. The first-order valence-corrected chi connectivity index (χ1v) is 13.3. The van der Waals surface area contributed by atoms with Crippen LogP contribution in [0.4, 0.5) is 0 Å². The minimum absolute atomic E-state index is 0. The third-order valence-electron chi connectivity index (χ3n) is 6.82. The van der Waals surface area contributed by atoms with E-state index in [1.807, 2.05) is 54.9 Å². The van der Waals surface area contributed by atoms with Crippen molar-refractivity contribution >= 4 is 10.9 Å². The van der Waals surface area contributed by atoms with E-state index in [-0.39, 0.29) is 25.5 Å². The fraction of sp³-hybridized carbons (Fsp3) is 0.167. The molecule has 0 amide bonds. The number of nitrogens with zero attached hydrogens (tertiary/aromatic N) is 3. The predicted octanol–water partition coefficient (Wildman–Crippen LogP) is 8.95. The first kappa shape index (κ1) is 29.1. The topological polar surface area (TPSA) is 30.7 Å². The molecule has 0 aliphatic rings. The molecular weight excluding hydrogens is 667 g/mol. The van der Waals surface area contributed by atoms with E-state index in [1.165, 1.54) is 27.8 Å². The Morgan fingerprint density at radius 2 is 1.48 bits per heavy atom. The molecule has 3 nitrogen and oxygen atoms in total. The number of pyridine rings is 1. The molecule has 2 aromatic heterocycles. The number of aryl methyl sites for hydroxylation is 2. The Balaban J connectivity index is 0.000000181. The summed E-state index contributed by atoms with van der Waals surface area (Å²) >= 11 is 0. The number of hydrogen-bond donors (Lipinski definition) is 0. The molecule has 0 N–H and O–H groups in total. The van der Waals surface area contributed by atoms with Crippen LogP contribution < -0.4 is 0 Å². The maximum Gasteiger partial charge on any atom is 0.0602 e. The van der Waals surface area contributed by atoms with Crippen LogP contribution in [0, 0.1) is 26.0 Å². The standard InChI is InChI=1S/C19H18N.C17H15N2.Ir/c1-19(2,3)16-11-8-15(9-12-16)18-13-10-14-6-4-5-7-17(14)20-18;1-13-7-6-8-14(2)16(13)19-12-11-18-17(19)15-9-4-3-5-10-15;/h4-8,10-13H,1-3H3;3-9,11-12H,1-2H3;/q2*-1;. The van der Waals surface area contributed by atoms with E-state index in [1.54, 1.807) is 0 Å². The fourth-order valence-electron chi connectivity index (χ4n) is 4.67. The molecule has 0 aliphatic heterocycles. The van der Waals surface area contributed by atoms with Gasteiger partial charge in [-0.2, -0.15) is 0 Å². The SMILES string of the molecule is CC(C)(C)c1c[c-]c(-c2ccc3ccccc3n2)cc1.Cc1cccc(C)c1-n1ccnc1-c1[c-]cccc1.[Ir]. The van der Waals surface area contributed by atoms with Gasteiger partial charge in [-0.3, -0.25) is 9.97 Å². The number of benzene rings is 4. The van der Waals surface area contributed by atoms with Gasteiger partial charge in [0.15, 0.2) is 0 Å². The normalized spacial score (nSPS) is 10.9. The summed E-state index contributed by atoms with van der Waals surface area (Å²) in [5.74, 6) is 0.929. The average Bonchev–Trinajstić information content (AvgIpc) is 3.43. The average molecular weight is 700 g/mol. The molecule has 2 heterocycles. The van der Waals surface area contributed by atoms with E-state index in [0.29, 0.717) is 0 Å². The second-order valence-electron chi connectivity index (χ2n) is 10.8. The summed E-state index contributed by atoms with van der Waals surface area (Å²) in [5, 5.41) is 1.17. The second-order valence-corrected chi connectivity index (χ2v) is 10.8. The number of rotatable bonds is 3. The summed E-state index contributed by atoms with van der Waals surface area (Å²) in [7, 11) is 0. The molecule has 4 aromatic carbocycles. The molecule has 0 atom stereocenters. The van der Waals surface area contributed by atoms with Gasteiger partial charge in [0.1, 0.15) is 0 Å². The number of para-hydroxylation sites is 2. The monoisotopic (exact) mass is 700 g/mol. The van der Waals surface area contributed by atoms with Crippen molar-refractivity contribution in [3.63, 3.8) is 0 Å². The number of fused-ring (bicyclic) bond motifs is 1. The van der Waals surface area contributed by atoms with Gasteiger partial charge >= 0.3 is 0 Å². The van der Waals surface area contributed by atoms with Crippen molar-refractivity contribution in [2.24, 2.45) is 0 Å². The predicted molar refractivity (Wildman–Crippen MR) is 162 cm³/mol. The fourth-order valence-corrected chi connectivity index (χ4v) is 4.67. The second kappa shape index (κ2) is 12.6. The van der Waals surface area contributed by atoms with E-state index in [4.69, 9.17) is 4.98 Å². The third-order valence-corrected chi connectivity index (χ3v) is 6.82. The summed E-state index contributed by atoms with van der Waals surface area (Å²) in [6.45, 7) is 10.9. The van der Waals surface area contributed by atoms with Crippen LogP contribution in [0.2, 0.25) is 0 Å². The maximum absolute atomic E-state index is 4.71. The Labute approximate surface area is 251 Å². The van der Waals surface area contributed by atoms with E-state index < -0.39 is 0 Å². The van der Waals surface area contributed by atoms with Crippen LogP contribution in [0.15, 0.2) is 109 Å². The first-order chi connectivity index (χ1) is 18.8. The number of hydrogen-bond acceptors (Lipinski definition) is 2. The molecule has 203 valence electrons. The number of aromatic nitrogens is 3. The summed E-state index contributed by atoms with van der Waals surface area (Å²) < 4.78 is 2.14. The quantitative estimate of drug-likeness (QED) is 0.173. The van der Waals surface area contributed by atoms with Crippen molar-refractivity contribution in [1.29, 1.82) is 0 Å². The summed E-state index contributed by atoms with van der Waals surface area (Å²) in [4.78, 5) is 9.18.